The Morgan fingerprint density at radius 3 is 2.63 bits per heavy atom. The molecule has 9 heteroatoms. The van der Waals surface area contributed by atoms with Crippen molar-refractivity contribution in [1.29, 1.82) is 0 Å². The summed E-state index contributed by atoms with van der Waals surface area (Å²) in [7, 11) is 3.91. The zero-order valence-corrected chi connectivity index (χ0v) is 16.3. The van der Waals surface area contributed by atoms with Gasteiger partial charge in [-0.1, -0.05) is 0 Å². The third kappa shape index (κ3) is 7.98. The molecule has 0 aromatic carbocycles. The molecule has 1 fully saturated rings. The van der Waals surface area contributed by atoms with Crippen molar-refractivity contribution >= 4 is 11.8 Å². The van der Waals surface area contributed by atoms with Gasteiger partial charge in [0.2, 0.25) is 5.91 Å². The average Bonchev–Trinajstić information content (AvgIpc) is 2.68. The van der Waals surface area contributed by atoms with E-state index in [4.69, 9.17) is 4.74 Å². The van der Waals surface area contributed by atoms with E-state index in [0.717, 1.165) is 26.2 Å². The molecule has 2 rings (SSSR count). The molecule has 0 spiro atoms. The second kappa shape index (κ2) is 11.6. The van der Waals surface area contributed by atoms with E-state index < -0.39 is 0 Å². The fraction of sp³-hybridized carbons (Fsp3) is 0.667. The highest BCUT2D eigenvalue weighted by atomic mass is 16.5. The first kappa shape index (κ1) is 21.2. The molecule has 0 unspecified atom stereocenters. The summed E-state index contributed by atoms with van der Waals surface area (Å²) >= 11 is 0. The van der Waals surface area contributed by atoms with Crippen molar-refractivity contribution in [2.45, 2.75) is 6.42 Å². The second-order valence-electron chi connectivity index (χ2n) is 6.74. The van der Waals surface area contributed by atoms with Gasteiger partial charge in [-0.2, -0.15) is 0 Å². The lowest BCUT2D eigenvalue weighted by Crippen LogP contribution is -2.44. The van der Waals surface area contributed by atoms with E-state index in [-0.39, 0.29) is 18.2 Å². The Morgan fingerprint density at radius 2 is 1.96 bits per heavy atom. The van der Waals surface area contributed by atoms with E-state index in [9.17, 15) is 9.59 Å². The maximum Gasteiger partial charge on any atom is 0.274 e. The Bertz CT molecular complexity index is 578. The molecule has 0 atom stereocenters. The molecule has 1 N–H and O–H groups in total. The smallest absolute Gasteiger partial charge is 0.274 e. The number of ether oxygens (including phenoxy) is 1. The Hall–Kier alpha value is -2.10. The predicted molar refractivity (Wildman–Crippen MR) is 101 cm³/mol. The van der Waals surface area contributed by atoms with Crippen LogP contribution >= 0.6 is 0 Å². The lowest BCUT2D eigenvalue weighted by atomic mass is 10.3. The minimum Gasteiger partial charge on any atom is -0.379 e. The molecular weight excluding hydrogens is 348 g/mol. The molecule has 2 heterocycles. The Balaban J connectivity index is 1.88. The number of hydrogen-bond acceptors (Lipinski definition) is 7. The van der Waals surface area contributed by atoms with E-state index in [1.807, 2.05) is 19.0 Å². The van der Waals surface area contributed by atoms with Crippen molar-refractivity contribution in [3.05, 3.63) is 24.3 Å². The first-order valence-corrected chi connectivity index (χ1v) is 9.33. The summed E-state index contributed by atoms with van der Waals surface area (Å²) in [5, 5.41) is 2.88. The molecule has 1 aromatic heterocycles. The van der Waals surface area contributed by atoms with Gasteiger partial charge >= 0.3 is 0 Å². The van der Waals surface area contributed by atoms with Gasteiger partial charge in [0.1, 0.15) is 5.69 Å². The topological polar surface area (TPSA) is 90.9 Å². The number of aromatic nitrogens is 2. The lowest BCUT2D eigenvalue weighted by Gasteiger charge is -2.30. The van der Waals surface area contributed by atoms with Gasteiger partial charge in [0.05, 0.1) is 19.4 Å². The summed E-state index contributed by atoms with van der Waals surface area (Å²) in [5.41, 5.74) is 0.299. The number of carbonyl (C=O) groups is 2. The third-order valence-corrected chi connectivity index (χ3v) is 4.35. The van der Waals surface area contributed by atoms with E-state index in [2.05, 4.69) is 20.2 Å². The van der Waals surface area contributed by atoms with Crippen LogP contribution in [0.2, 0.25) is 0 Å². The van der Waals surface area contributed by atoms with Crippen molar-refractivity contribution in [2.75, 3.05) is 73.1 Å². The standard InChI is InChI=1S/C18H30N6O3/c1-22(2)8-6-21-17(25)3-7-24(10-9-23-11-13-27-14-12-23)18(26)16-15-19-4-5-20-16/h4-5,15H,3,6-14H2,1-2H3,(H,21,25). The molecule has 2 amide bonds. The molecule has 1 aromatic rings. The van der Waals surface area contributed by atoms with Crippen LogP contribution in [0.5, 0.6) is 0 Å². The second-order valence-corrected chi connectivity index (χ2v) is 6.74. The van der Waals surface area contributed by atoms with Crippen molar-refractivity contribution < 1.29 is 14.3 Å². The summed E-state index contributed by atoms with van der Waals surface area (Å²) in [4.78, 5) is 38.9. The molecule has 1 aliphatic heterocycles. The average molecular weight is 378 g/mol. The monoisotopic (exact) mass is 378 g/mol. The minimum absolute atomic E-state index is 0.0554. The Labute approximate surface area is 160 Å². The van der Waals surface area contributed by atoms with Gasteiger partial charge in [-0.05, 0) is 14.1 Å². The number of likely N-dealkylation sites (N-methyl/N-ethyl adjacent to an activating group) is 1. The summed E-state index contributed by atoms with van der Waals surface area (Å²) in [6, 6.07) is 0. The van der Waals surface area contributed by atoms with Crippen molar-refractivity contribution in [2.24, 2.45) is 0 Å². The minimum atomic E-state index is -0.197. The molecule has 0 bridgehead atoms. The molecule has 1 saturated heterocycles. The fourth-order valence-corrected chi connectivity index (χ4v) is 2.72. The summed E-state index contributed by atoms with van der Waals surface area (Å²) < 4.78 is 5.36. The van der Waals surface area contributed by atoms with Crippen LogP contribution in [0.4, 0.5) is 0 Å². The van der Waals surface area contributed by atoms with Crippen LogP contribution in [-0.4, -0.2) is 110 Å². The van der Waals surface area contributed by atoms with Gasteiger partial charge in [0.25, 0.3) is 5.91 Å². The Kier molecular flexibility index (Phi) is 9.09. The summed E-state index contributed by atoms with van der Waals surface area (Å²) in [5.74, 6) is -0.252. The van der Waals surface area contributed by atoms with Crippen molar-refractivity contribution in [1.82, 2.24) is 30.0 Å². The summed E-state index contributed by atoms with van der Waals surface area (Å²) in [6.45, 7) is 6.17. The van der Waals surface area contributed by atoms with Crippen LogP contribution in [0.25, 0.3) is 0 Å². The van der Waals surface area contributed by atoms with Crippen LogP contribution < -0.4 is 5.32 Å². The van der Waals surface area contributed by atoms with Gasteiger partial charge in [-0.3, -0.25) is 19.5 Å². The van der Waals surface area contributed by atoms with Crippen molar-refractivity contribution in [3.63, 3.8) is 0 Å². The fourth-order valence-electron chi connectivity index (χ4n) is 2.72. The lowest BCUT2D eigenvalue weighted by molar-refractivity contribution is -0.121. The molecule has 1 aliphatic rings. The molecule has 150 valence electrons. The summed E-state index contributed by atoms with van der Waals surface area (Å²) in [6.07, 6.45) is 4.76. The van der Waals surface area contributed by atoms with Gasteiger partial charge in [-0.25, -0.2) is 4.98 Å². The van der Waals surface area contributed by atoms with Gasteiger partial charge < -0.3 is 19.9 Å². The maximum absolute atomic E-state index is 12.8. The van der Waals surface area contributed by atoms with Gasteiger partial charge in [0.15, 0.2) is 0 Å². The van der Waals surface area contributed by atoms with E-state index in [1.54, 1.807) is 4.90 Å². The quantitative estimate of drug-likeness (QED) is 0.577. The molecule has 0 radical (unpaired) electrons. The van der Waals surface area contributed by atoms with Crippen LogP contribution in [0.3, 0.4) is 0 Å². The molecule has 9 nitrogen and oxygen atoms in total. The number of amides is 2. The van der Waals surface area contributed by atoms with Crippen molar-refractivity contribution in [3.8, 4) is 0 Å². The molecular formula is C18H30N6O3. The number of rotatable bonds is 10. The maximum atomic E-state index is 12.8. The zero-order valence-electron chi connectivity index (χ0n) is 16.3. The van der Waals surface area contributed by atoms with E-state index >= 15 is 0 Å². The van der Waals surface area contributed by atoms with Crippen LogP contribution in [0.15, 0.2) is 18.6 Å². The number of nitrogens with one attached hydrogen (secondary N) is 1. The number of morpholine rings is 1. The van der Waals surface area contributed by atoms with Crippen LogP contribution in [0, 0.1) is 0 Å². The number of carbonyl (C=O) groups excluding carboxylic acids is 2. The molecule has 27 heavy (non-hydrogen) atoms. The first-order valence-electron chi connectivity index (χ1n) is 9.33. The number of nitrogens with zero attached hydrogens (tertiary/aromatic N) is 5. The van der Waals surface area contributed by atoms with Crippen LogP contribution in [0.1, 0.15) is 16.9 Å². The third-order valence-electron chi connectivity index (χ3n) is 4.35. The SMILES string of the molecule is CN(C)CCNC(=O)CCN(CCN1CCOCC1)C(=O)c1cnccn1. The highest BCUT2D eigenvalue weighted by Crippen LogP contribution is 2.04. The Morgan fingerprint density at radius 1 is 1.19 bits per heavy atom. The van der Waals surface area contributed by atoms with E-state index in [0.29, 0.717) is 38.5 Å². The zero-order chi connectivity index (χ0) is 19.5. The molecule has 0 aliphatic carbocycles. The van der Waals surface area contributed by atoms with E-state index in [1.165, 1.54) is 18.6 Å². The number of hydrogen-bond donors (Lipinski definition) is 1. The largest absolute Gasteiger partial charge is 0.379 e. The first-order chi connectivity index (χ1) is 13.1. The predicted octanol–water partition coefficient (Wildman–Crippen LogP) is -0.681. The van der Waals surface area contributed by atoms with Gasteiger partial charge in [0, 0.05) is 64.6 Å². The normalized spacial score (nSPS) is 14.9. The highest BCUT2D eigenvalue weighted by molar-refractivity contribution is 5.92. The highest BCUT2D eigenvalue weighted by Gasteiger charge is 2.20. The van der Waals surface area contributed by atoms with Gasteiger partial charge in [-0.15, -0.1) is 0 Å². The van der Waals surface area contributed by atoms with Crippen LogP contribution in [-0.2, 0) is 9.53 Å². The molecule has 0 saturated carbocycles.